The Hall–Kier alpha value is -3.83. The molecule has 8 nitrogen and oxygen atoms in total. The molecule has 0 spiro atoms. The van der Waals surface area contributed by atoms with Crippen molar-refractivity contribution in [3.8, 4) is 16.9 Å². The van der Waals surface area contributed by atoms with Gasteiger partial charge >= 0.3 is 6.18 Å². The Labute approximate surface area is 180 Å². The lowest BCUT2D eigenvalue weighted by molar-refractivity contribution is -0.153. The molecule has 0 radical (unpaired) electrons. The molecule has 4 aromatic rings. The van der Waals surface area contributed by atoms with E-state index in [9.17, 15) is 18.3 Å². The minimum Gasteiger partial charge on any atom is -0.482 e. The van der Waals surface area contributed by atoms with Crippen LogP contribution in [-0.2, 0) is 0 Å². The van der Waals surface area contributed by atoms with Crippen molar-refractivity contribution in [2.24, 2.45) is 5.73 Å². The van der Waals surface area contributed by atoms with E-state index in [-0.39, 0.29) is 22.9 Å². The van der Waals surface area contributed by atoms with Crippen LogP contribution < -0.4 is 21.5 Å². The molecule has 6 N–H and O–H groups in total. The van der Waals surface area contributed by atoms with E-state index >= 15 is 0 Å². The van der Waals surface area contributed by atoms with Crippen LogP contribution in [0.3, 0.4) is 0 Å². The Kier molecular flexibility index (Phi) is 5.59. The van der Waals surface area contributed by atoms with Gasteiger partial charge in [-0.15, -0.1) is 5.10 Å². The third-order valence-corrected chi connectivity index (χ3v) is 4.56. The first-order chi connectivity index (χ1) is 15.2. The predicted molar refractivity (Wildman–Crippen MR) is 113 cm³/mol. The summed E-state index contributed by atoms with van der Waals surface area (Å²) in [6.07, 6.45) is -4.13. The van der Waals surface area contributed by atoms with Gasteiger partial charge in [-0.2, -0.15) is 18.2 Å². The normalized spacial score (nSPS) is 12.7. The van der Waals surface area contributed by atoms with Crippen molar-refractivity contribution in [3.05, 3.63) is 66.4 Å². The number of aliphatic hydroxyl groups excluding tert-OH is 1. The van der Waals surface area contributed by atoms with Crippen molar-refractivity contribution >= 4 is 23.0 Å². The highest BCUT2D eigenvalue weighted by Gasteiger charge is 2.29. The lowest BCUT2D eigenvalue weighted by Gasteiger charge is -2.15. The van der Waals surface area contributed by atoms with Crippen LogP contribution in [0.15, 0.2) is 60.8 Å². The zero-order valence-corrected chi connectivity index (χ0v) is 16.5. The molecule has 0 aliphatic carbocycles. The van der Waals surface area contributed by atoms with Gasteiger partial charge < -0.3 is 26.6 Å². The van der Waals surface area contributed by atoms with E-state index in [1.165, 1.54) is 18.2 Å². The third-order valence-electron chi connectivity index (χ3n) is 4.56. The summed E-state index contributed by atoms with van der Waals surface area (Å²) >= 11 is 0. The Morgan fingerprint density at radius 3 is 2.47 bits per heavy atom. The second-order valence-electron chi connectivity index (χ2n) is 7.01. The second kappa shape index (κ2) is 8.36. The average Bonchev–Trinajstić information content (AvgIpc) is 3.14. The minimum absolute atomic E-state index is 0.147. The van der Waals surface area contributed by atoms with Gasteiger partial charge in [0.1, 0.15) is 12.0 Å². The van der Waals surface area contributed by atoms with E-state index in [2.05, 4.69) is 15.4 Å². The molecule has 2 aromatic carbocycles. The zero-order valence-electron chi connectivity index (χ0n) is 16.5. The molecule has 0 aliphatic heterocycles. The summed E-state index contributed by atoms with van der Waals surface area (Å²) in [5.74, 6) is 0.00288. The quantitative estimate of drug-likeness (QED) is 0.265. The Morgan fingerprint density at radius 2 is 1.78 bits per heavy atom. The molecule has 1 atom stereocenters. The van der Waals surface area contributed by atoms with Gasteiger partial charge in [-0.05, 0) is 47.5 Å². The summed E-state index contributed by atoms with van der Waals surface area (Å²) in [4.78, 5) is 4.33. The van der Waals surface area contributed by atoms with Gasteiger partial charge in [0.25, 0.3) is 0 Å². The molecule has 0 saturated heterocycles. The van der Waals surface area contributed by atoms with E-state index in [4.69, 9.17) is 16.2 Å². The number of nitrogens with zero attached hydrogens (tertiary/aromatic N) is 3. The largest absolute Gasteiger partial charge is 0.482 e. The van der Waals surface area contributed by atoms with Crippen molar-refractivity contribution < 1.29 is 23.0 Å². The smallest absolute Gasteiger partial charge is 0.422 e. The molecule has 2 aromatic heterocycles. The standard InChI is InChI=1S/C21H19F3N6O2/c22-21(23,24)11-32-17-9-13(19(26)31)3-7-16(17)27-20-28-18-8-4-14(10-30(18)29-20)12-1-5-15(25)6-2-12/h1-10,19,31H,11,25-26H2,(H,27,29). The maximum atomic E-state index is 12.6. The van der Waals surface area contributed by atoms with Crippen molar-refractivity contribution in [1.29, 1.82) is 0 Å². The number of fused-ring (bicyclic) bond motifs is 1. The van der Waals surface area contributed by atoms with Crippen LogP contribution in [0.2, 0.25) is 0 Å². The molecule has 0 fully saturated rings. The van der Waals surface area contributed by atoms with Gasteiger partial charge in [0.2, 0.25) is 5.95 Å². The zero-order chi connectivity index (χ0) is 22.9. The van der Waals surface area contributed by atoms with E-state index in [1.807, 2.05) is 18.2 Å². The van der Waals surface area contributed by atoms with Gasteiger partial charge in [-0.3, -0.25) is 0 Å². The molecule has 0 amide bonds. The number of hydrogen-bond acceptors (Lipinski definition) is 7. The maximum absolute atomic E-state index is 12.6. The molecule has 0 saturated carbocycles. The van der Waals surface area contributed by atoms with E-state index in [1.54, 1.807) is 28.9 Å². The van der Waals surface area contributed by atoms with Crippen molar-refractivity contribution in [1.82, 2.24) is 14.6 Å². The highest BCUT2D eigenvalue weighted by Crippen LogP contribution is 2.31. The number of alkyl halides is 3. The van der Waals surface area contributed by atoms with Gasteiger partial charge in [0.15, 0.2) is 12.3 Å². The summed E-state index contributed by atoms with van der Waals surface area (Å²) in [6.45, 7) is -1.50. The number of aromatic nitrogens is 3. The fourth-order valence-electron chi connectivity index (χ4n) is 3.01. The van der Waals surface area contributed by atoms with Gasteiger partial charge in [-0.1, -0.05) is 18.2 Å². The van der Waals surface area contributed by atoms with Crippen molar-refractivity contribution in [3.63, 3.8) is 0 Å². The summed E-state index contributed by atoms with van der Waals surface area (Å²) in [5, 5.41) is 16.7. The molecular formula is C21H19F3N6O2. The van der Waals surface area contributed by atoms with E-state index in [0.29, 0.717) is 11.3 Å². The first kappa shape index (κ1) is 21.4. The second-order valence-corrected chi connectivity index (χ2v) is 7.01. The summed E-state index contributed by atoms with van der Waals surface area (Å²) < 4.78 is 44.4. The third kappa shape index (κ3) is 4.90. The summed E-state index contributed by atoms with van der Waals surface area (Å²) in [5.41, 5.74) is 14.5. The van der Waals surface area contributed by atoms with Crippen LogP contribution in [0.4, 0.5) is 30.5 Å². The van der Waals surface area contributed by atoms with Crippen LogP contribution in [0, 0.1) is 0 Å². The summed E-state index contributed by atoms with van der Waals surface area (Å²) in [7, 11) is 0. The van der Waals surface area contributed by atoms with Crippen LogP contribution in [0.5, 0.6) is 5.75 Å². The van der Waals surface area contributed by atoms with Crippen LogP contribution in [0.1, 0.15) is 11.8 Å². The first-order valence-corrected chi connectivity index (χ1v) is 9.44. The van der Waals surface area contributed by atoms with Crippen molar-refractivity contribution in [2.45, 2.75) is 12.4 Å². The topological polar surface area (TPSA) is 124 Å². The fraction of sp³-hybridized carbons (Fsp3) is 0.143. The highest BCUT2D eigenvalue weighted by atomic mass is 19.4. The number of rotatable bonds is 6. The molecular weight excluding hydrogens is 425 g/mol. The Bertz CT molecular complexity index is 1240. The number of pyridine rings is 1. The molecule has 2 heterocycles. The minimum atomic E-state index is -4.53. The van der Waals surface area contributed by atoms with E-state index < -0.39 is 19.0 Å². The monoisotopic (exact) mass is 444 g/mol. The average molecular weight is 444 g/mol. The number of aliphatic hydroxyl groups is 1. The van der Waals surface area contributed by atoms with Gasteiger partial charge in [-0.25, -0.2) is 4.52 Å². The van der Waals surface area contributed by atoms with Crippen molar-refractivity contribution in [2.75, 3.05) is 17.7 Å². The fourth-order valence-corrected chi connectivity index (χ4v) is 3.01. The number of hydrogen-bond donors (Lipinski definition) is 4. The number of anilines is 3. The number of halogens is 3. The van der Waals surface area contributed by atoms with Gasteiger partial charge in [0.05, 0.1) is 5.69 Å². The molecule has 0 bridgehead atoms. The molecule has 1 unspecified atom stereocenters. The number of benzene rings is 2. The predicted octanol–water partition coefficient (Wildman–Crippen LogP) is 3.61. The molecule has 0 aliphatic rings. The number of nitrogens with one attached hydrogen (secondary N) is 1. The van der Waals surface area contributed by atoms with Crippen LogP contribution in [-0.4, -0.2) is 32.5 Å². The Morgan fingerprint density at radius 1 is 1.06 bits per heavy atom. The number of nitrogens with two attached hydrogens (primary N) is 2. The lowest BCUT2D eigenvalue weighted by Crippen LogP contribution is -2.20. The summed E-state index contributed by atoms with van der Waals surface area (Å²) in [6, 6.07) is 15.1. The van der Waals surface area contributed by atoms with Crippen LogP contribution in [0.25, 0.3) is 16.8 Å². The molecule has 166 valence electrons. The SMILES string of the molecule is Nc1ccc(-c2ccc3nc(Nc4ccc(C(N)O)cc4OCC(F)(F)F)nn3c2)cc1. The number of nitrogen functional groups attached to an aromatic ring is 1. The van der Waals surface area contributed by atoms with E-state index in [0.717, 1.165) is 11.1 Å². The lowest BCUT2D eigenvalue weighted by atomic mass is 10.1. The number of ether oxygens (including phenoxy) is 1. The van der Waals surface area contributed by atoms with Gasteiger partial charge in [0, 0.05) is 17.4 Å². The first-order valence-electron chi connectivity index (χ1n) is 9.44. The highest BCUT2D eigenvalue weighted by molar-refractivity contribution is 5.68. The maximum Gasteiger partial charge on any atom is 0.422 e. The molecule has 11 heteroatoms. The Balaban J connectivity index is 1.62. The molecule has 4 rings (SSSR count). The molecule has 32 heavy (non-hydrogen) atoms. The van der Waals surface area contributed by atoms with Crippen LogP contribution >= 0.6 is 0 Å².